The van der Waals surface area contributed by atoms with Gasteiger partial charge in [-0.3, -0.25) is 9.59 Å². The van der Waals surface area contributed by atoms with Crippen molar-refractivity contribution in [3.8, 4) is 11.1 Å². The number of carboxylic acids is 1. The predicted octanol–water partition coefficient (Wildman–Crippen LogP) is 3.87. The van der Waals surface area contributed by atoms with Crippen molar-refractivity contribution in [2.75, 3.05) is 20.2 Å². The molecule has 2 aromatic carbocycles. The van der Waals surface area contributed by atoms with Crippen LogP contribution in [-0.2, 0) is 14.3 Å². The maximum atomic E-state index is 12.8. The highest BCUT2D eigenvalue weighted by atomic mass is 16.5. The number of nitrogens with one attached hydrogen (secondary N) is 1. The van der Waals surface area contributed by atoms with Crippen molar-refractivity contribution in [2.45, 2.75) is 38.6 Å². The van der Waals surface area contributed by atoms with Gasteiger partial charge in [-0.05, 0) is 28.2 Å². The number of alkyl carbamates (subject to hydrolysis) is 1. The number of hydrogen-bond donors (Lipinski definition) is 2. The summed E-state index contributed by atoms with van der Waals surface area (Å²) in [6.45, 7) is 4.04. The Kier molecular flexibility index (Phi) is 7.51. The molecule has 0 aliphatic heterocycles. The molecule has 0 fully saturated rings. The van der Waals surface area contributed by atoms with Crippen molar-refractivity contribution in [3.05, 3.63) is 59.7 Å². The maximum Gasteiger partial charge on any atom is 0.407 e. The molecule has 2 atom stereocenters. The van der Waals surface area contributed by atoms with Gasteiger partial charge in [0, 0.05) is 19.5 Å². The molecule has 0 spiro atoms. The number of rotatable bonds is 9. The largest absolute Gasteiger partial charge is 0.481 e. The molecule has 0 heterocycles. The minimum atomic E-state index is -0.978. The lowest BCUT2D eigenvalue weighted by atomic mass is 9.97. The minimum absolute atomic E-state index is 0.0656. The molecule has 2 aromatic rings. The fraction of sp³-hybridized carbons (Fsp3) is 0.400. The molecule has 0 radical (unpaired) electrons. The summed E-state index contributed by atoms with van der Waals surface area (Å²) in [5.74, 6) is -1.50. The number of carbonyl (C=O) groups excluding carboxylic acids is 2. The normalized spacial score (nSPS) is 14.1. The topological polar surface area (TPSA) is 95.9 Å². The lowest BCUT2D eigenvalue weighted by Gasteiger charge is -2.28. The van der Waals surface area contributed by atoms with Gasteiger partial charge in [-0.1, -0.05) is 68.8 Å². The second kappa shape index (κ2) is 10.3. The molecule has 0 aromatic heterocycles. The number of carbonyl (C=O) groups is 3. The molecule has 0 bridgehead atoms. The number of fused-ring (bicyclic) bond motifs is 3. The van der Waals surface area contributed by atoms with E-state index in [-0.39, 0.29) is 37.3 Å². The Balaban J connectivity index is 1.67. The van der Waals surface area contributed by atoms with Gasteiger partial charge in [-0.25, -0.2) is 4.79 Å². The van der Waals surface area contributed by atoms with Gasteiger partial charge >= 0.3 is 12.1 Å². The summed E-state index contributed by atoms with van der Waals surface area (Å²) in [6.07, 6.45) is -0.134. The predicted molar refractivity (Wildman–Crippen MR) is 121 cm³/mol. The lowest BCUT2D eigenvalue weighted by Crippen LogP contribution is -2.51. The second-order valence-corrected chi connectivity index (χ2v) is 8.24. The summed E-state index contributed by atoms with van der Waals surface area (Å²) in [7, 11) is 1.54. The van der Waals surface area contributed by atoms with E-state index in [9.17, 15) is 14.4 Å². The fourth-order valence-electron chi connectivity index (χ4n) is 4.06. The van der Waals surface area contributed by atoms with Crippen LogP contribution in [0.1, 0.15) is 43.7 Å². The quantitative estimate of drug-likeness (QED) is 0.620. The Hall–Kier alpha value is -3.35. The van der Waals surface area contributed by atoms with Crippen molar-refractivity contribution in [1.82, 2.24) is 10.2 Å². The summed E-state index contributed by atoms with van der Waals surface area (Å²) in [6, 6.07) is 15.4. The Labute approximate surface area is 188 Å². The first-order chi connectivity index (χ1) is 15.3. The van der Waals surface area contributed by atoms with Crippen LogP contribution in [0.4, 0.5) is 4.79 Å². The van der Waals surface area contributed by atoms with Gasteiger partial charge in [0.25, 0.3) is 0 Å². The van der Waals surface area contributed by atoms with Gasteiger partial charge in [-0.2, -0.15) is 0 Å². The first-order valence-electron chi connectivity index (χ1n) is 10.9. The van der Waals surface area contributed by atoms with Gasteiger partial charge < -0.3 is 20.1 Å². The van der Waals surface area contributed by atoms with Crippen LogP contribution in [0.2, 0.25) is 0 Å². The van der Waals surface area contributed by atoms with Crippen LogP contribution in [0.15, 0.2) is 48.5 Å². The van der Waals surface area contributed by atoms with Gasteiger partial charge in [0.2, 0.25) is 5.91 Å². The van der Waals surface area contributed by atoms with E-state index in [0.717, 1.165) is 22.3 Å². The zero-order valence-corrected chi connectivity index (χ0v) is 18.7. The third-order valence-electron chi connectivity index (χ3n) is 6.13. The summed E-state index contributed by atoms with van der Waals surface area (Å²) >= 11 is 0. The monoisotopic (exact) mass is 438 g/mol. The number of ether oxygens (including phenoxy) is 1. The molecule has 0 saturated heterocycles. The van der Waals surface area contributed by atoms with Gasteiger partial charge in [0.1, 0.15) is 12.6 Å². The highest BCUT2D eigenvalue weighted by Crippen LogP contribution is 2.44. The Morgan fingerprint density at radius 2 is 1.62 bits per heavy atom. The third kappa shape index (κ3) is 5.10. The number of carboxylic acid groups (broad SMARTS) is 1. The van der Waals surface area contributed by atoms with Crippen molar-refractivity contribution in [2.24, 2.45) is 5.92 Å². The smallest absolute Gasteiger partial charge is 0.407 e. The number of likely N-dealkylation sites (N-methyl/N-ethyl adjacent to an activating group) is 1. The molecule has 2 N–H and O–H groups in total. The molecular formula is C25H30N2O5. The number of hydrogen-bond acceptors (Lipinski definition) is 4. The molecule has 3 rings (SSSR count). The van der Waals surface area contributed by atoms with Crippen molar-refractivity contribution in [3.63, 3.8) is 0 Å². The summed E-state index contributed by atoms with van der Waals surface area (Å²) in [5.41, 5.74) is 4.52. The molecule has 1 aliphatic rings. The van der Waals surface area contributed by atoms with E-state index in [1.54, 1.807) is 7.05 Å². The molecule has 170 valence electrons. The van der Waals surface area contributed by atoms with E-state index in [1.165, 1.54) is 4.90 Å². The summed E-state index contributed by atoms with van der Waals surface area (Å²) in [5, 5.41) is 11.6. The summed E-state index contributed by atoms with van der Waals surface area (Å²) in [4.78, 5) is 37.7. The standard InChI is InChI=1S/C25H30N2O5/c1-4-16(2)23(24(30)27(3)14-13-22(28)29)26-25(31)32-15-21-19-11-7-5-9-17(19)18-10-6-8-12-20(18)21/h5-12,16,21,23H,4,13-15H2,1-3H3,(H,26,31)(H,28,29). The van der Waals surface area contributed by atoms with Crippen LogP contribution in [-0.4, -0.2) is 54.2 Å². The molecule has 32 heavy (non-hydrogen) atoms. The first-order valence-corrected chi connectivity index (χ1v) is 10.9. The Bertz CT molecular complexity index is 944. The third-order valence-corrected chi connectivity index (χ3v) is 6.13. The Morgan fingerprint density at radius 3 is 2.16 bits per heavy atom. The Morgan fingerprint density at radius 1 is 1.06 bits per heavy atom. The van der Waals surface area contributed by atoms with Crippen molar-refractivity contribution < 1.29 is 24.2 Å². The highest BCUT2D eigenvalue weighted by molar-refractivity contribution is 5.86. The average molecular weight is 439 g/mol. The molecule has 7 nitrogen and oxygen atoms in total. The number of benzene rings is 2. The first kappa shape index (κ1) is 23.3. The molecule has 0 saturated carbocycles. The van der Waals surface area contributed by atoms with Crippen LogP contribution < -0.4 is 5.32 Å². The van der Waals surface area contributed by atoms with Gasteiger partial charge in [0.05, 0.1) is 6.42 Å². The second-order valence-electron chi connectivity index (χ2n) is 8.24. The van der Waals surface area contributed by atoms with Crippen LogP contribution >= 0.6 is 0 Å². The van der Waals surface area contributed by atoms with Crippen molar-refractivity contribution >= 4 is 18.0 Å². The van der Waals surface area contributed by atoms with Crippen LogP contribution in [0.3, 0.4) is 0 Å². The fourth-order valence-corrected chi connectivity index (χ4v) is 4.06. The van der Waals surface area contributed by atoms with Gasteiger partial charge in [0.15, 0.2) is 0 Å². The number of nitrogens with zero attached hydrogens (tertiary/aromatic N) is 1. The SMILES string of the molecule is CCC(C)C(NC(=O)OCC1c2ccccc2-c2ccccc21)C(=O)N(C)CCC(=O)O. The van der Waals surface area contributed by atoms with Gasteiger partial charge in [-0.15, -0.1) is 0 Å². The van der Waals surface area contributed by atoms with E-state index in [2.05, 4.69) is 17.4 Å². The van der Waals surface area contributed by atoms with E-state index in [4.69, 9.17) is 9.84 Å². The van der Waals surface area contributed by atoms with E-state index >= 15 is 0 Å². The van der Waals surface area contributed by atoms with E-state index in [1.807, 2.05) is 50.2 Å². The van der Waals surface area contributed by atoms with E-state index in [0.29, 0.717) is 6.42 Å². The zero-order chi connectivity index (χ0) is 23.3. The number of aliphatic carboxylic acids is 1. The van der Waals surface area contributed by atoms with E-state index < -0.39 is 18.1 Å². The minimum Gasteiger partial charge on any atom is -0.481 e. The van der Waals surface area contributed by atoms with Crippen LogP contribution in [0, 0.1) is 5.92 Å². The highest BCUT2D eigenvalue weighted by Gasteiger charge is 2.31. The summed E-state index contributed by atoms with van der Waals surface area (Å²) < 4.78 is 5.58. The molecule has 7 heteroatoms. The van der Waals surface area contributed by atoms with Crippen LogP contribution in [0.5, 0.6) is 0 Å². The zero-order valence-electron chi connectivity index (χ0n) is 18.7. The maximum absolute atomic E-state index is 12.8. The van der Waals surface area contributed by atoms with Crippen LogP contribution in [0.25, 0.3) is 11.1 Å². The van der Waals surface area contributed by atoms with Crippen molar-refractivity contribution in [1.29, 1.82) is 0 Å². The molecule has 1 aliphatic carbocycles. The molecule has 2 unspecified atom stereocenters. The lowest BCUT2D eigenvalue weighted by molar-refractivity contribution is -0.138. The molecule has 2 amide bonds. The average Bonchev–Trinajstić information content (AvgIpc) is 3.12. The molecular weight excluding hydrogens is 408 g/mol. The number of amides is 2.